The second-order valence-corrected chi connectivity index (χ2v) is 5.99. The third-order valence-electron chi connectivity index (χ3n) is 4.38. The Kier molecular flexibility index (Phi) is 3.75. The number of aryl methyl sites for hydroxylation is 1. The molecule has 0 aliphatic heterocycles. The van der Waals surface area contributed by atoms with Crippen LogP contribution in [-0.4, -0.2) is 4.98 Å². The predicted octanol–water partition coefficient (Wildman–Crippen LogP) is 4.49. The van der Waals surface area contributed by atoms with Gasteiger partial charge < -0.3 is 10.3 Å². The van der Waals surface area contributed by atoms with Gasteiger partial charge in [-0.1, -0.05) is 36.4 Å². The summed E-state index contributed by atoms with van der Waals surface area (Å²) in [6, 6.07) is 23.1. The number of aromatic amines is 2. The normalized spacial score (nSPS) is 12.2. The van der Waals surface area contributed by atoms with E-state index in [-0.39, 0.29) is 6.04 Å². The van der Waals surface area contributed by atoms with Gasteiger partial charge in [-0.15, -0.1) is 0 Å². The van der Waals surface area contributed by atoms with E-state index in [1.807, 2.05) is 18.3 Å². The molecule has 2 aromatic carbocycles. The molecule has 0 saturated heterocycles. The molecule has 0 saturated carbocycles. The van der Waals surface area contributed by atoms with E-state index in [1.165, 1.54) is 27.7 Å². The summed E-state index contributed by atoms with van der Waals surface area (Å²) in [5.74, 6) is 0. The molecule has 0 fully saturated rings. The van der Waals surface area contributed by atoms with Crippen LogP contribution >= 0.6 is 0 Å². The Morgan fingerprint density at radius 2 is 1.71 bits per heavy atom. The highest BCUT2D eigenvalue weighted by Gasteiger charge is 2.22. The molecule has 0 radical (unpaired) electrons. The number of hydrogen-bond donors (Lipinski definition) is 2. The van der Waals surface area contributed by atoms with Crippen molar-refractivity contribution in [2.24, 2.45) is 0 Å². The second-order valence-electron chi connectivity index (χ2n) is 5.99. The van der Waals surface area contributed by atoms with E-state index in [1.54, 1.807) is 0 Å². The summed E-state index contributed by atoms with van der Waals surface area (Å²) in [6.07, 6.45) is 3.99. The highest BCUT2D eigenvalue weighted by atomic mass is 14.9. The van der Waals surface area contributed by atoms with Gasteiger partial charge in [0, 0.05) is 39.5 Å². The topological polar surface area (TPSA) is 42.0 Å². The fourth-order valence-corrected chi connectivity index (χ4v) is 3.28. The average Bonchev–Trinajstić information content (AvgIpc) is 2.97. The molecule has 3 N–H and O–H groups in total. The zero-order valence-corrected chi connectivity index (χ0v) is 13.6. The number of nitrogens with one attached hydrogen (secondary N) is 3. The number of hydrogen-bond acceptors (Lipinski definition) is 1. The molecule has 0 aliphatic rings. The van der Waals surface area contributed by atoms with Crippen LogP contribution in [0, 0.1) is 6.92 Å². The summed E-state index contributed by atoms with van der Waals surface area (Å²) in [6.45, 7) is 2.14. The largest absolute Gasteiger partial charge is 0.374 e. The van der Waals surface area contributed by atoms with E-state index in [9.17, 15) is 0 Å². The molecule has 2 aromatic heterocycles. The molecule has 4 aromatic rings. The van der Waals surface area contributed by atoms with Gasteiger partial charge in [0.1, 0.15) is 0 Å². The first-order chi connectivity index (χ1) is 11.8. The van der Waals surface area contributed by atoms with Crippen LogP contribution in [-0.2, 0) is 0 Å². The number of para-hydroxylation sites is 2. The lowest BCUT2D eigenvalue weighted by molar-refractivity contribution is -0.378. The van der Waals surface area contributed by atoms with Gasteiger partial charge in [-0.3, -0.25) is 0 Å². The average molecular weight is 314 g/mol. The van der Waals surface area contributed by atoms with Gasteiger partial charge in [-0.05, 0) is 31.2 Å². The van der Waals surface area contributed by atoms with Crippen molar-refractivity contribution in [3.63, 3.8) is 0 Å². The van der Waals surface area contributed by atoms with Gasteiger partial charge in [-0.25, -0.2) is 4.98 Å². The Bertz CT molecular complexity index is 943. The maximum atomic E-state index is 3.69. The van der Waals surface area contributed by atoms with Gasteiger partial charge in [0.05, 0.1) is 6.04 Å². The van der Waals surface area contributed by atoms with Crippen molar-refractivity contribution in [3.05, 3.63) is 95.9 Å². The monoisotopic (exact) mass is 314 g/mol. The third kappa shape index (κ3) is 2.65. The summed E-state index contributed by atoms with van der Waals surface area (Å²) >= 11 is 0. The second kappa shape index (κ2) is 6.20. The van der Waals surface area contributed by atoms with Crippen LogP contribution in [0.2, 0.25) is 0 Å². The first kappa shape index (κ1) is 14.5. The van der Waals surface area contributed by atoms with Crippen molar-refractivity contribution in [1.29, 1.82) is 0 Å². The Morgan fingerprint density at radius 3 is 2.50 bits per heavy atom. The van der Waals surface area contributed by atoms with Crippen LogP contribution in [0.1, 0.15) is 22.9 Å². The van der Waals surface area contributed by atoms with Crippen LogP contribution in [0.5, 0.6) is 0 Å². The molecule has 2 heterocycles. The fraction of sp³-hybridized carbons (Fsp3) is 0.0952. The van der Waals surface area contributed by atoms with Gasteiger partial charge in [-0.2, -0.15) is 0 Å². The zero-order valence-electron chi connectivity index (χ0n) is 13.6. The lowest BCUT2D eigenvalue weighted by Gasteiger charge is -2.20. The van der Waals surface area contributed by atoms with E-state index in [0.717, 1.165) is 5.69 Å². The van der Waals surface area contributed by atoms with Crippen LogP contribution in [0.25, 0.3) is 10.9 Å². The number of benzene rings is 2. The van der Waals surface area contributed by atoms with E-state index >= 15 is 0 Å². The summed E-state index contributed by atoms with van der Waals surface area (Å²) in [4.78, 5) is 6.72. The standard InChI is InChI=1S/C21H19N3/c1-15-20(18-11-5-6-12-19(18)23-15)21(16-8-7-13-22-14-16)24-17-9-3-2-4-10-17/h2-14,21,23-24H,1H3/p+1. The Hall–Kier alpha value is -3.07. The first-order valence-electron chi connectivity index (χ1n) is 8.18. The Labute approximate surface area is 141 Å². The Morgan fingerprint density at radius 1 is 0.917 bits per heavy atom. The van der Waals surface area contributed by atoms with Gasteiger partial charge in [0.25, 0.3) is 0 Å². The van der Waals surface area contributed by atoms with Crippen molar-refractivity contribution in [2.75, 3.05) is 5.32 Å². The van der Waals surface area contributed by atoms with Crippen LogP contribution in [0.15, 0.2) is 79.1 Å². The molecule has 4 rings (SSSR count). The number of pyridine rings is 1. The highest BCUT2D eigenvalue weighted by molar-refractivity contribution is 5.86. The lowest BCUT2D eigenvalue weighted by atomic mass is 9.97. The first-order valence-corrected chi connectivity index (χ1v) is 8.18. The van der Waals surface area contributed by atoms with Crippen molar-refractivity contribution in [1.82, 2.24) is 4.98 Å². The third-order valence-corrected chi connectivity index (χ3v) is 4.38. The Balaban J connectivity index is 1.87. The predicted molar refractivity (Wildman–Crippen MR) is 97.9 cm³/mol. The molecular weight excluding hydrogens is 294 g/mol. The minimum absolute atomic E-state index is 0.0704. The number of rotatable bonds is 4. The molecule has 0 bridgehead atoms. The van der Waals surface area contributed by atoms with E-state index in [0.29, 0.717) is 0 Å². The van der Waals surface area contributed by atoms with E-state index in [4.69, 9.17) is 0 Å². The summed E-state index contributed by atoms with van der Waals surface area (Å²) in [5, 5.41) is 4.95. The fourth-order valence-electron chi connectivity index (χ4n) is 3.28. The van der Waals surface area contributed by atoms with Crippen molar-refractivity contribution < 1.29 is 4.98 Å². The van der Waals surface area contributed by atoms with Gasteiger partial charge in [0.15, 0.2) is 12.4 Å². The molecule has 3 nitrogen and oxygen atoms in total. The van der Waals surface area contributed by atoms with Crippen molar-refractivity contribution in [2.45, 2.75) is 13.0 Å². The van der Waals surface area contributed by atoms with Crippen LogP contribution in [0.4, 0.5) is 5.69 Å². The smallest absolute Gasteiger partial charge is 0.172 e. The summed E-state index contributed by atoms with van der Waals surface area (Å²) in [5.41, 5.74) is 5.96. The van der Waals surface area contributed by atoms with Crippen LogP contribution in [0.3, 0.4) is 0 Å². The number of fused-ring (bicyclic) bond motifs is 1. The van der Waals surface area contributed by atoms with Gasteiger partial charge >= 0.3 is 0 Å². The maximum absolute atomic E-state index is 3.69. The SMILES string of the molecule is Cc1[nH]c2ccccc2c1C(Nc1ccccc1)c1ccc[nH+]c1. The maximum Gasteiger partial charge on any atom is 0.172 e. The number of aromatic nitrogens is 2. The number of anilines is 1. The minimum Gasteiger partial charge on any atom is -0.374 e. The molecule has 1 atom stereocenters. The van der Waals surface area contributed by atoms with Crippen LogP contribution < -0.4 is 10.3 Å². The molecule has 118 valence electrons. The van der Waals surface area contributed by atoms with E-state index < -0.39 is 0 Å². The van der Waals surface area contributed by atoms with Gasteiger partial charge in [0.2, 0.25) is 0 Å². The van der Waals surface area contributed by atoms with E-state index in [2.05, 4.69) is 83.0 Å². The molecule has 0 aliphatic carbocycles. The minimum atomic E-state index is 0.0704. The summed E-state index contributed by atoms with van der Waals surface area (Å²) in [7, 11) is 0. The van der Waals surface area contributed by atoms with Crippen molar-refractivity contribution in [3.8, 4) is 0 Å². The molecule has 0 amide bonds. The quantitative estimate of drug-likeness (QED) is 0.572. The molecule has 1 unspecified atom stereocenters. The van der Waals surface area contributed by atoms with Crippen molar-refractivity contribution >= 4 is 16.6 Å². The highest BCUT2D eigenvalue weighted by Crippen LogP contribution is 2.33. The number of H-pyrrole nitrogens is 2. The summed E-state index contributed by atoms with van der Waals surface area (Å²) < 4.78 is 0. The molecular formula is C21H20N3+. The zero-order chi connectivity index (χ0) is 16.4. The molecule has 24 heavy (non-hydrogen) atoms. The molecule has 0 spiro atoms. The molecule has 3 heteroatoms. The lowest BCUT2D eigenvalue weighted by Crippen LogP contribution is -2.15.